The van der Waals surface area contributed by atoms with Gasteiger partial charge in [0.2, 0.25) is 5.91 Å². The third-order valence-corrected chi connectivity index (χ3v) is 5.39. The molecular formula is C16H19NOS2. The first-order valence-electron chi connectivity index (χ1n) is 6.53. The molecule has 0 fully saturated rings. The lowest BCUT2D eigenvalue weighted by atomic mass is 10.2. The average molecular weight is 305 g/mol. The number of aryl methyl sites for hydroxylation is 2. The van der Waals surface area contributed by atoms with Crippen molar-refractivity contribution in [1.82, 2.24) is 4.90 Å². The number of hydrogen-bond donors (Lipinski definition) is 0. The fraction of sp³-hybridized carbons (Fsp3) is 0.312. The molecule has 2 nitrogen and oxygen atoms in total. The molecule has 2 aromatic rings. The quantitative estimate of drug-likeness (QED) is 0.775. The zero-order valence-corrected chi connectivity index (χ0v) is 13.7. The van der Waals surface area contributed by atoms with Gasteiger partial charge in [-0.05, 0) is 42.5 Å². The zero-order valence-electron chi connectivity index (χ0n) is 12.1. The fourth-order valence-electron chi connectivity index (χ4n) is 1.84. The summed E-state index contributed by atoms with van der Waals surface area (Å²) in [6.45, 7) is 4.87. The molecule has 0 atom stereocenters. The van der Waals surface area contributed by atoms with E-state index in [-0.39, 0.29) is 5.91 Å². The van der Waals surface area contributed by atoms with Gasteiger partial charge in [-0.25, -0.2) is 0 Å². The number of benzene rings is 1. The van der Waals surface area contributed by atoms with Crippen LogP contribution in [0.4, 0.5) is 0 Å². The van der Waals surface area contributed by atoms with E-state index in [1.807, 2.05) is 24.1 Å². The SMILES string of the molecule is Cc1ccccc1SCC(=O)N(C)Cc1sccc1C. The lowest BCUT2D eigenvalue weighted by Crippen LogP contribution is -2.27. The molecule has 20 heavy (non-hydrogen) atoms. The van der Waals surface area contributed by atoms with E-state index in [1.54, 1.807) is 23.1 Å². The number of hydrogen-bond acceptors (Lipinski definition) is 3. The minimum Gasteiger partial charge on any atom is -0.340 e. The molecule has 1 aromatic carbocycles. The van der Waals surface area contributed by atoms with Crippen molar-refractivity contribution in [3.63, 3.8) is 0 Å². The second-order valence-corrected chi connectivity index (χ2v) is 6.85. The Bertz CT molecular complexity index is 592. The summed E-state index contributed by atoms with van der Waals surface area (Å²) in [7, 11) is 1.87. The third-order valence-electron chi connectivity index (χ3n) is 3.22. The van der Waals surface area contributed by atoms with E-state index in [4.69, 9.17) is 0 Å². The number of rotatable bonds is 5. The van der Waals surface area contributed by atoms with E-state index in [2.05, 4.69) is 37.4 Å². The van der Waals surface area contributed by atoms with E-state index >= 15 is 0 Å². The van der Waals surface area contributed by atoms with E-state index in [0.29, 0.717) is 12.3 Å². The van der Waals surface area contributed by atoms with Gasteiger partial charge < -0.3 is 4.90 Å². The largest absolute Gasteiger partial charge is 0.340 e. The molecule has 1 amide bonds. The molecule has 0 aliphatic rings. The second-order valence-electron chi connectivity index (χ2n) is 4.83. The van der Waals surface area contributed by atoms with Crippen molar-refractivity contribution < 1.29 is 4.79 Å². The molecule has 0 saturated heterocycles. The van der Waals surface area contributed by atoms with Gasteiger partial charge in [-0.15, -0.1) is 23.1 Å². The maximum absolute atomic E-state index is 12.2. The van der Waals surface area contributed by atoms with Crippen molar-refractivity contribution >= 4 is 29.0 Å². The fourth-order valence-corrected chi connectivity index (χ4v) is 3.77. The molecule has 0 unspecified atom stereocenters. The molecule has 0 saturated carbocycles. The molecule has 0 spiro atoms. The first kappa shape index (κ1) is 15.1. The number of nitrogens with zero attached hydrogens (tertiary/aromatic N) is 1. The van der Waals surface area contributed by atoms with Crippen LogP contribution in [0.25, 0.3) is 0 Å². The maximum atomic E-state index is 12.2. The number of carbonyl (C=O) groups is 1. The summed E-state index contributed by atoms with van der Waals surface area (Å²) in [6.07, 6.45) is 0. The van der Waals surface area contributed by atoms with Gasteiger partial charge in [-0.2, -0.15) is 0 Å². The Morgan fingerprint density at radius 2 is 1.95 bits per heavy atom. The lowest BCUT2D eigenvalue weighted by Gasteiger charge is -2.17. The second kappa shape index (κ2) is 6.95. The molecule has 4 heteroatoms. The molecule has 0 aliphatic heterocycles. The van der Waals surface area contributed by atoms with Crippen LogP contribution in [0, 0.1) is 13.8 Å². The smallest absolute Gasteiger partial charge is 0.233 e. The highest BCUT2D eigenvalue weighted by Crippen LogP contribution is 2.23. The van der Waals surface area contributed by atoms with Gasteiger partial charge in [0.25, 0.3) is 0 Å². The summed E-state index contributed by atoms with van der Waals surface area (Å²) in [5.74, 6) is 0.664. The minimum absolute atomic E-state index is 0.172. The zero-order chi connectivity index (χ0) is 14.5. The predicted molar refractivity (Wildman–Crippen MR) is 87.4 cm³/mol. The van der Waals surface area contributed by atoms with E-state index in [1.165, 1.54) is 20.9 Å². The van der Waals surface area contributed by atoms with Crippen molar-refractivity contribution in [2.75, 3.05) is 12.8 Å². The van der Waals surface area contributed by atoms with Crippen molar-refractivity contribution in [1.29, 1.82) is 0 Å². The van der Waals surface area contributed by atoms with E-state index in [0.717, 1.165) is 0 Å². The van der Waals surface area contributed by atoms with E-state index < -0.39 is 0 Å². The molecule has 1 heterocycles. The summed E-state index contributed by atoms with van der Waals surface area (Å²) in [6, 6.07) is 10.3. The highest BCUT2D eigenvalue weighted by atomic mass is 32.2. The van der Waals surface area contributed by atoms with Crippen LogP contribution >= 0.6 is 23.1 Å². The molecule has 0 bridgehead atoms. The molecule has 106 valence electrons. The van der Waals surface area contributed by atoms with Crippen LogP contribution in [0.2, 0.25) is 0 Å². The van der Waals surface area contributed by atoms with Crippen LogP contribution in [0.3, 0.4) is 0 Å². The monoisotopic (exact) mass is 305 g/mol. The average Bonchev–Trinajstić information content (AvgIpc) is 2.83. The van der Waals surface area contributed by atoms with Gasteiger partial charge in [0.05, 0.1) is 12.3 Å². The van der Waals surface area contributed by atoms with Crippen LogP contribution in [0.5, 0.6) is 0 Å². The summed E-state index contributed by atoms with van der Waals surface area (Å²) in [5, 5.41) is 2.07. The number of amides is 1. The highest BCUT2D eigenvalue weighted by molar-refractivity contribution is 8.00. The van der Waals surface area contributed by atoms with Crippen LogP contribution in [-0.2, 0) is 11.3 Å². The van der Waals surface area contributed by atoms with Gasteiger partial charge in [0.1, 0.15) is 0 Å². The molecule has 0 N–H and O–H groups in total. The Hall–Kier alpha value is -1.26. The topological polar surface area (TPSA) is 20.3 Å². The highest BCUT2D eigenvalue weighted by Gasteiger charge is 2.12. The Morgan fingerprint density at radius 3 is 2.60 bits per heavy atom. The predicted octanol–water partition coefficient (Wildman–Crippen LogP) is 4.12. The van der Waals surface area contributed by atoms with Crippen molar-refractivity contribution in [2.45, 2.75) is 25.3 Å². The van der Waals surface area contributed by atoms with Crippen molar-refractivity contribution in [3.8, 4) is 0 Å². The molecule has 1 aromatic heterocycles. The Morgan fingerprint density at radius 1 is 1.20 bits per heavy atom. The third kappa shape index (κ3) is 3.87. The van der Waals surface area contributed by atoms with Gasteiger partial charge in [0.15, 0.2) is 0 Å². The van der Waals surface area contributed by atoms with E-state index in [9.17, 15) is 4.79 Å². The van der Waals surface area contributed by atoms with Crippen LogP contribution in [0.1, 0.15) is 16.0 Å². The lowest BCUT2D eigenvalue weighted by molar-refractivity contribution is -0.127. The Labute approximate surface area is 128 Å². The van der Waals surface area contributed by atoms with Gasteiger partial charge in [-0.3, -0.25) is 4.79 Å². The summed E-state index contributed by atoms with van der Waals surface area (Å²) < 4.78 is 0. The van der Waals surface area contributed by atoms with Gasteiger partial charge in [-0.1, -0.05) is 18.2 Å². The number of thiophene rings is 1. The summed E-state index contributed by atoms with van der Waals surface area (Å²) >= 11 is 3.32. The Kier molecular flexibility index (Phi) is 5.26. The number of carbonyl (C=O) groups excluding carboxylic acids is 1. The van der Waals surface area contributed by atoms with Gasteiger partial charge >= 0.3 is 0 Å². The maximum Gasteiger partial charge on any atom is 0.233 e. The first-order chi connectivity index (χ1) is 9.58. The van der Waals surface area contributed by atoms with Crippen LogP contribution < -0.4 is 0 Å². The Balaban J connectivity index is 1.89. The molecule has 0 radical (unpaired) electrons. The summed E-state index contributed by atoms with van der Waals surface area (Å²) in [4.78, 5) is 16.4. The van der Waals surface area contributed by atoms with Gasteiger partial charge in [0, 0.05) is 16.8 Å². The summed E-state index contributed by atoms with van der Waals surface area (Å²) in [5.41, 5.74) is 2.49. The van der Waals surface area contributed by atoms with Crippen molar-refractivity contribution in [2.24, 2.45) is 0 Å². The first-order valence-corrected chi connectivity index (χ1v) is 8.40. The van der Waals surface area contributed by atoms with Crippen molar-refractivity contribution in [3.05, 3.63) is 51.7 Å². The minimum atomic E-state index is 0.172. The van der Waals surface area contributed by atoms with Crippen LogP contribution in [0.15, 0.2) is 40.6 Å². The standard InChI is InChI=1S/C16H19NOS2/c1-12-6-4-5-7-14(12)20-11-16(18)17(3)10-15-13(2)8-9-19-15/h4-9H,10-11H2,1-3H3. The molecular weight excluding hydrogens is 286 g/mol. The number of thioether (sulfide) groups is 1. The molecule has 2 rings (SSSR count). The van der Waals surface area contributed by atoms with Crippen LogP contribution in [-0.4, -0.2) is 23.6 Å². The molecule has 0 aliphatic carbocycles. The normalized spacial score (nSPS) is 10.6.